The summed E-state index contributed by atoms with van der Waals surface area (Å²) in [5.41, 5.74) is 0.658. The topological polar surface area (TPSA) is 86.9 Å². The van der Waals surface area contributed by atoms with E-state index in [0.717, 1.165) is 6.42 Å². The second-order valence-corrected chi connectivity index (χ2v) is 6.83. The number of hydrogen-bond donors (Lipinski definition) is 3. The molecule has 0 spiro atoms. The number of H-pyrrole nitrogens is 1. The van der Waals surface area contributed by atoms with Crippen LogP contribution in [-0.4, -0.2) is 31.2 Å². The quantitative estimate of drug-likeness (QED) is 0.671. The average Bonchev–Trinajstić information content (AvgIpc) is 2.82. The largest absolute Gasteiger partial charge is 0.310 e. The van der Waals surface area contributed by atoms with Crippen LogP contribution in [0, 0.1) is 5.92 Å². The summed E-state index contributed by atoms with van der Waals surface area (Å²) in [4.78, 5) is 0. The van der Waals surface area contributed by atoms with Crippen LogP contribution < -0.4 is 10.0 Å². The highest BCUT2D eigenvalue weighted by Gasteiger charge is 2.21. The summed E-state index contributed by atoms with van der Waals surface area (Å²) in [6.07, 6.45) is 2.49. The first kappa shape index (κ1) is 16.1. The van der Waals surface area contributed by atoms with Crippen LogP contribution in [0.15, 0.2) is 11.2 Å². The fourth-order valence-electron chi connectivity index (χ4n) is 1.44. The normalized spacial score (nSPS) is 13.9. The Morgan fingerprint density at radius 2 is 2.05 bits per heavy atom. The second-order valence-electron chi connectivity index (χ2n) is 5.13. The van der Waals surface area contributed by atoms with Crippen LogP contribution in [0.4, 0.5) is 0 Å². The Morgan fingerprint density at radius 3 is 2.63 bits per heavy atom. The highest BCUT2D eigenvalue weighted by Crippen LogP contribution is 2.12. The van der Waals surface area contributed by atoms with Crippen molar-refractivity contribution in [3.05, 3.63) is 11.8 Å². The van der Waals surface area contributed by atoms with Crippen molar-refractivity contribution in [3.63, 3.8) is 0 Å². The molecule has 7 heteroatoms. The lowest BCUT2D eigenvalue weighted by Crippen LogP contribution is -2.30. The van der Waals surface area contributed by atoms with E-state index in [9.17, 15) is 8.42 Å². The highest BCUT2D eigenvalue weighted by atomic mass is 32.2. The molecule has 0 aromatic carbocycles. The summed E-state index contributed by atoms with van der Waals surface area (Å²) in [6, 6.07) is 0.290. The Balaban J connectivity index is 2.75. The summed E-state index contributed by atoms with van der Waals surface area (Å²) < 4.78 is 27.0. The van der Waals surface area contributed by atoms with Crippen molar-refractivity contribution in [1.82, 2.24) is 20.2 Å². The van der Waals surface area contributed by atoms with Crippen LogP contribution in [0.5, 0.6) is 0 Å². The third-order valence-corrected chi connectivity index (χ3v) is 4.40. The molecule has 110 valence electrons. The highest BCUT2D eigenvalue weighted by molar-refractivity contribution is 7.89. The maximum atomic E-state index is 12.2. The van der Waals surface area contributed by atoms with E-state index in [1.54, 1.807) is 6.20 Å². The van der Waals surface area contributed by atoms with Crippen LogP contribution in [0.2, 0.25) is 0 Å². The van der Waals surface area contributed by atoms with Gasteiger partial charge >= 0.3 is 0 Å². The number of aromatic nitrogens is 2. The molecule has 0 aliphatic carbocycles. The van der Waals surface area contributed by atoms with Gasteiger partial charge in [0, 0.05) is 24.7 Å². The fraction of sp³-hybridized carbons (Fsp3) is 0.750. The van der Waals surface area contributed by atoms with Crippen LogP contribution in [0.25, 0.3) is 0 Å². The molecule has 0 amide bonds. The lowest BCUT2D eigenvalue weighted by atomic mass is 10.1. The maximum Gasteiger partial charge on any atom is 0.257 e. The first-order valence-electron chi connectivity index (χ1n) is 6.62. The smallest absolute Gasteiger partial charge is 0.257 e. The van der Waals surface area contributed by atoms with Crippen LogP contribution in [-0.2, 0) is 16.6 Å². The van der Waals surface area contributed by atoms with E-state index in [1.807, 2.05) is 27.7 Å². The van der Waals surface area contributed by atoms with E-state index in [1.165, 1.54) is 0 Å². The Bertz CT molecular complexity index is 482. The molecule has 1 unspecified atom stereocenters. The Morgan fingerprint density at radius 1 is 1.37 bits per heavy atom. The fourth-order valence-corrected chi connectivity index (χ4v) is 2.73. The molecule has 0 saturated heterocycles. The van der Waals surface area contributed by atoms with Crippen molar-refractivity contribution in [2.24, 2.45) is 5.92 Å². The van der Waals surface area contributed by atoms with Crippen molar-refractivity contribution in [3.8, 4) is 0 Å². The molecule has 1 aromatic heterocycles. The SMILES string of the molecule is CCC(C)CNS(=O)(=O)c1[nH]ncc1CNC(C)C. The summed E-state index contributed by atoms with van der Waals surface area (Å²) >= 11 is 0. The number of hydrogen-bond acceptors (Lipinski definition) is 4. The minimum atomic E-state index is -3.51. The molecule has 0 aliphatic heterocycles. The third kappa shape index (κ3) is 4.93. The van der Waals surface area contributed by atoms with Crippen molar-refractivity contribution in [2.75, 3.05) is 6.54 Å². The number of rotatable bonds is 8. The van der Waals surface area contributed by atoms with E-state index in [2.05, 4.69) is 20.2 Å². The van der Waals surface area contributed by atoms with Gasteiger partial charge in [0.2, 0.25) is 0 Å². The van der Waals surface area contributed by atoms with Crippen LogP contribution in [0.3, 0.4) is 0 Å². The monoisotopic (exact) mass is 288 g/mol. The molecule has 3 N–H and O–H groups in total. The number of nitrogens with one attached hydrogen (secondary N) is 3. The standard InChI is InChI=1S/C12H24N4O2S/c1-5-10(4)6-15-19(17,18)12-11(8-14-16-12)7-13-9(2)3/h8-10,13,15H,5-7H2,1-4H3,(H,14,16). The van der Waals surface area contributed by atoms with Gasteiger partial charge < -0.3 is 5.32 Å². The van der Waals surface area contributed by atoms with Gasteiger partial charge in [0.1, 0.15) is 0 Å². The first-order valence-corrected chi connectivity index (χ1v) is 8.10. The Labute approximate surface area is 115 Å². The lowest BCUT2D eigenvalue weighted by Gasteiger charge is -2.12. The van der Waals surface area contributed by atoms with Crippen LogP contribution in [0.1, 0.15) is 39.7 Å². The summed E-state index contributed by atoms with van der Waals surface area (Å²) in [6.45, 7) is 8.98. The molecule has 0 radical (unpaired) electrons. The maximum absolute atomic E-state index is 12.2. The zero-order valence-corrected chi connectivity index (χ0v) is 12.8. The van der Waals surface area contributed by atoms with Gasteiger partial charge in [-0.2, -0.15) is 5.10 Å². The van der Waals surface area contributed by atoms with Gasteiger partial charge in [0.15, 0.2) is 5.03 Å². The molecule has 0 bridgehead atoms. The molecule has 1 aromatic rings. The van der Waals surface area contributed by atoms with Gasteiger partial charge in [0.05, 0.1) is 6.20 Å². The van der Waals surface area contributed by atoms with Gasteiger partial charge in [-0.25, -0.2) is 13.1 Å². The van der Waals surface area contributed by atoms with Gasteiger partial charge in [-0.1, -0.05) is 34.1 Å². The third-order valence-electron chi connectivity index (χ3n) is 2.97. The number of nitrogens with zero attached hydrogens (tertiary/aromatic N) is 1. The molecule has 6 nitrogen and oxygen atoms in total. The molecular weight excluding hydrogens is 264 g/mol. The van der Waals surface area contributed by atoms with Crippen molar-refractivity contribution in [1.29, 1.82) is 0 Å². The van der Waals surface area contributed by atoms with Gasteiger partial charge in [-0.15, -0.1) is 0 Å². The molecule has 1 rings (SSSR count). The molecular formula is C12H24N4O2S. The lowest BCUT2D eigenvalue weighted by molar-refractivity contribution is 0.524. The van der Waals surface area contributed by atoms with Gasteiger partial charge in [-0.05, 0) is 5.92 Å². The van der Waals surface area contributed by atoms with Crippen molar-refractivity contribution >= 4 is 10.0 Å². The number of aromatic amines is 1. The van der Waals surface area contributed by atoms with Crippen LogP contribution >= 0.6 is 0 Å². The molecule has 0 aliphatic rings. The minimum Gasteiger partial charge on any atom is -0.310 e. The van der Waals surface area contributed by atoms with E-state index in [4.69, 9.17) is 0 Å². The molecule has 0 saturated carbocycles. The van der Waals surface area contributed by atoms with E-state index < -0.39 is 10.0 Å². The zero-order chi connectivity index (χ0) is 14.5. The van der Waals surface area contributed by atoms with Gasteiger partial charge in [0.25, 0.3) is 10.0 Å². The molecule has 1 heterocycles. The molecule has 0 fully saturated rings. The summed E-state index contributed by atoms with van der Waals surface area (Å²) in [5, 5.41) is 9.74. The molecule has 1 atom stereocenters. The van der Waals surface area contributed by atoms with E-state index in [0.29, 0.717) is 30.6 Å². The predicted octanol–water partition coefficient (Wildman–Crippen LogP) is 1.23. The minimum absolute atomic E-state index is 0.156. The number of sulfonamides is 1. The van der Waals surface area contributed by atoms with Gasteiger partial charge in [-0.3, -0.25) is 5.10 Å². The Hall–Kier alpha value is -0.920. The average molecular weight is 288 g/mol. The van der Waals surface area contributed by atoms with Crippen molar-refractivity contribution < 1.29 is 8.42 Å². The van der Waals surface area contributed by atoms with E-state index in [-0.39, 0.29) is 5.03 Å². The first-order chi connectivity index (χ1) is 8.86. The Kier molecular flexibility index (Phi) is 5.96. The zero-order valence-electron chi connectivity index (χ0n) is 12.0. The summed E-state index contributed by atoms with van der Waals surface area (Å²) in [7, 11) is -3.51. The summed E-state index contributed by atoms with van der Waals surface area (Å²) in [5.74, 6) is 0.315. The molecule has 19 heavy (non-hydrogen) atoms. The predicted molar refractivity (Wildman–Crippen MR) is 75.2 cm³/mol. The second kappa shape index (κ2) is 7.02. The van der Waals surface area contributed by atoms with E-state index >= 15 is 0 Å². The van der Waals surface area contributed by atoms with Crippen molar-refractivity contribution in [2.45, 2.75) is 51.7 Å².